The molecule has 0 bridgehead atoms. The monoisotopic (exact) mass is 390 g/mol. The summed E-state index contributed by atoms with van der Waals surface area (Å²) in [7, 11) is 0. The van der Waals surface area contributed by atoms with Crippen LogP contribution in [0.4, 0.5) is 0 Å². The van der Waals surface area contributed by atoms with Gasteiger partial charge in [-0.25, -0.2) is 4.98 Å². The fourth-order valence-corrected chi connectivity index (χ4v) is 4.44. The van der Waals surface area contributed by atoms with Crippen molar-refractivity contribution in [2.24, 2.45) is 5.92 Å². The Labute approximate surface area is 167 Å². The van der Waals surface area contributed by atoms with Gasteiger partial charge in [-0.3, -0.25) is 9.20 Å². The minimum absolute atomic E-state index is 0.106. The summed E-state index contributed by atoms with van der Waals surface area (Å²) in [4.78, 5) is 19.9. The zero-order valence-electron chi connectivity index (χ0n) is 16.1. The standard InChI is InChI=1S/C21H22N6O2/c1-2-13-10-14(24-19(28)6-5-15-4-3-9-29-15)11-16(13)21-26-25-18-12-23-20-17(27(18)21)7-8-22-20/h3-9,12-14,16,22H,2,10-11H2,1H3,(H,24,28)/b6-5+/t13-,14+,16+/m1/s1. The van der Waals surface area contributed by atoms with Crippen molar-refractivity contribution in [3.63, 3.8) is 0 Å². The van der Waals surface area contributed by atoms with Gasteiger partial charge >= 0.3 is 0 Å². The highest BCUT2D eigenvalue weighted by Crippen LogP contribution is 2.41. The first kappa shape index (κ1) is 17.7. The van der Waals surface area contributed by atoms with E-state index in [9.17, 15) is 4.79 Å². The quantitative estimate of drug-likeness (QED) is 0.509. The number of furan rings is 1. The highest BCUT2D eigenvalue weighted by Gasteiger charge is 2.37. The van der Waals surface area contributed by atoms with E-state index in [1.807, 2.05) is 18.3 Å². The van der Waals surface area contributed by atoms with E-state index in [2.05, 4.69) is 36.8 Å². The Hall–Kier alpha value is -3.42. The average molecular weight is 390 g/mol. The van der Waals surface area contributed by atoms with Crippen molar-refractivity contribution in [2.45, 2.75) is 38.1 Å². The molecule has 1 saturated carbocycles. The zero-order valence-corrected chi connectivity index (χ0v) is 16.1. The fraction of sp³-hybridized carbons (Fsp3) is 0.333. The molecule has 1 amide bonds. The smallest absolute Gasteiger partial charge is 0.244 e. The number of fused-ring (bicyclic) bond motifs is 3. The second-order valence-electron chi connectivity index (χ2n) is 7.52. The summed E-state index contributed by atoms with van der Waals surface area (Å²) >= 11 is 0. The molecule has 8 heteroatoms. The first-order valence-electron chi connectivity index (χ1n) is 9.92. The van der Waals surface area contributed by atoms with Gasteiger partial charge in [0, 0.05) is 24.2 Å². The van der Waals surface area contributed by atoms with E-state index in [4.69, 9.17) is 4.42 Å². The molecule has 4 aromatic rings. The maximum absolute atomic E-state index is 12.3. The number of nitrogens with one attached hydrogen (secondary N) is 2. The molecule has 0 saturated heterocycles. The Morgan fingerprint density at radius 3 is 3.14 bits per heavy atom. The molecular weight excluding hydrogens is 368 g/mol. The van der Waals surface area contributed by atoms with Gasteiger partial charge in [0.2, 0.25) is 5.91 Å². The van der Waals surface area contributed by atoms with Crippen molar-refractivity contribution < 1.29 is 9.21 Å². The largest absolute Gasteiger partial charge is 0.465 e. The van der Waals surface area contributed by atoms with Gasteiger partial charge in [-0.2, -0.15) is 0 Å². The van der Waals surface area contributed by atoms with E-state index in [0.29, 0.717) is 11.7 Å². The molecule has 1 aliphatic rings. The zero-order chi connectivity index (χ0) is 19.8. The van der Waals surface area contributed by atoms with Crippen LogP contribution in [-0.4, -0.2) is 36.5 Å². The lowest BCUT2D eigenvalue weighted by Crippen LogP contribution is -2.31. The van der Waals surface area contributed by atoms with Gasteiger partial charge in [-0.1, -0.05) is 13.3 Å². The minimum atomic E-state index is -0.106. The van der Waals surface area contributed by atoms with Crippen molar-refractivity contribution in [1.82, 2.24) is 29.9 Å². The van der Waals surface area contributed by atoms with Crippen LogP contribution in [-0.2, 0) is 4.79 Å². The van der Waals surface area contributed by atoms with Gasteiger partial charge < -0.3 is 14.7 Å². The molecule has 8 nitrogen and oxygen atoms in total. The highest BCUT2D eigenvalue weighted by atomic mass is 16.3. The Morgan fingerprint density at radius 2 is 2.31 bits per heavy atom. The maximum atomic E-state index is 12.3. The third kappa shape index (κ3) is 3.20. The van der Waals surface area contributed by atoms with Gasteiger partial charge in [-0.15, -0.1) is 10.2 Å². The summed E-state index contributed by atoms with van der Waals surface area (Å²) in [5, 5.41) is 12.0. The van der Waals surface area contributed by atoms with Crippen LogP contribution in [0.5, 0.6) is 0 Å². The number of aromatic nitrogens is 5. The maximum Gasteiger partial charge on any atom is 0.244 e. The molecule has 0 aromatic carbocycles. The molecule has 0 radical (unpaired) electrons. The lowest BCUT2D eigenvalue weighted by atomic mass is 9.93. The van der Waals surface area contributed by atoms with E-state index in [0.717, 1.165) is 41.9 Å². The Morgan fingerprint density at radius 1 is 1.38 bits per heavy atom. The summed E-state index contributed by atoms with van der Waals surface area (Å²) in [6.07, 6.45) is 11.2. The van der Waals surface area contributed by atoms with E-state index >= 15 is 0 Å². The third-order valence-electron chi connectivity index (χ3n) is 5.81. The van der Waals surface area contributed by atoms with Gasteiger partial charge in [0.1, 0.15) is 11.6 Å². The molecule has 2 N–H and O–H groups in total. The van der Waals surface area contributed by atoms with Gasteiger partial charge in [0.15, 0.2) is 11.3 Å². The molecule has 3 atom stereocenters. The van der Waals surface area contributed by atoms with Crippen LogP contribution in [0.3, 0.4) is 0 Å². The number of amides is 1. The molecule has 4 aromatic heterocycles. The Kier molecular flexibility index (Phi) is 4.38. The highest BCUT2D eigenvalue weighted by molar-refractivity contribution is 5.91. The van der Waals surface area contributed by atoms with Gasteiger partial charge in [0.25, 0.3) is 0 Å². The van der Waals surface area contributed by atoms with Gasteiger partial charge in [0.05, 0.1) is 18.0 Å². The Bertz CT molecular complexity index is 1170. The Balaban J connectivity index is 1.38. The second-order valence-corrected chi connectivity index (χ2v) is 7.52. The van der Waals surface area contributed by atoms with Crippen LogP contribution in [0.1, 0.15) is 43.7 Å². The van der Waals surface area contributed by atoms with Crippen LogP contribution in [0.2, 0.25) is 0 Å². The summed E-state index contributed by atoms with van der Waals surface area (Å²) in [5.74, 6) is 2.17. The number of carbonyl (C=O) groups excluding carboxylic acids is 1. The number of nitrogens with zero attached hydrogens (tertiary/aromatic N) is 4. The molecule has 0 unspecified atom stereocenters. The number of H-pyrrole nitrogens is 1. The summed E-state index contributed by atoms with van der Waals surface area (Å²) in [5.41, 5.74) is 2.54. The molecule has 0 aliphatic heterocycles. The van der Waals surface area contributed by atoms with Crippen LogP contribution in [0, 0.1) is 5.92 Å². The molecule has 148 valence electrons. The van der Waals surface area contributed by atoms with Crippen molar-refractivity contribution in [3.05, 3.63) is 54.5 Å². The minimum Gasteiger partial charge on any atom is -0.465 e. The molecule has 1 fully saturated rings. The summed E-state index contributed by atoms with van der Waals surface area (Å²) < 4.78 is 7.32. The lowest BCUT2D eigenvalue weighted by molar-refractivity contribution is -0.117. The summed E-state index contributed by atoms with van der Waals surface area (Å²) in [6.45, 7) is 2.19. The molecule has 4 heterocycles. The van der Waals surface area contributed by atoms with Crippen LogP contribution in [0.25, 0.3) is 22.9 Å². The van der Waals surface area contributed by atoms with Crippen LogP contribution in [0.15, 0.2) is 47.3 Å². The van der Waals surface area contributed by atoms with Crippen molar-refractivity contribution in [2.75, 3.05) is 0 Å². The molecule has 1 aliphatic carbocycles. The van der Waals surface area contributed by atoms with E-state index < -0.39 is 0 Å². The average Bonchev–Trinajstić information content (AvgIpc) is 3.51. The predicted octanol–water partition coefficient (Wildman–Crippen LogP) is 3.30. The molecule has 0 spiro atoms. The van der Waals surface area contributed by atoms with Crippen LogP contribution < -0.4 is 5.32 Å². The molecular formula is C21H22N6O2. The van der Waals surface area contributed by atoms with Crippen LogP contribution >= 0.6 is 0 Å². The summed E-state index contributed by atoms with van der Waals surface area (Å²) in [6, 6.07) is 5.71. The number of carbonyl (C=O) groups is 1. The van der Waals surface area contributed by atoms with E-state index in [-0.39, 0.29) is 17.9 Å². The number of hydrogen-bond donors (Lipinski definition) is 2. The fourth-order valence-electron chi connectivity index (χ4n) is 4.44. The van der Waals surface area contributed by atoms with Crippen molar-refractivity contribution in [1.29, 1.82) is 0 Å². The SMILES string of the molecule is CC[C@@H]1C[C@H](NC(=O)/C=C/c2ccco2)C[C@@H]1c1nnc2cnc3[nH]ccc3n12. The molecule has 5 rings (SSSR count). The van der Waals surface area contributed by atoms with E-state index in [1.165, 1.54) is 6.08 Å². The van der Waals surface area contributed by atoms with E-state index in [1.54, 1.807) is 24.6 Å². The number of rotatable bonds is 5. The second kappa shape index (κ2) is 7.20. The lowest BCUT2D eigenvalue weighted by Gasteiger charge is -2.15. The topological polar surface area (TPSA) is 101 Å². The number of aromatic amines is 1. The first-order chi connectivity index (χ1) is 14.2. The normalized spacial score (nSPS) is 22.2. The van der Waals surface area contributed by atoms with Gasteiger partial charge in [-0.05, 0) is 43.0 Å². The number of hydrogen-bond acceptors (Lipinski definition) is 5. The first-order valence-corrected chi connectivity index (χ1v) is 9.92. The van der Waals surface area contributed by atoms with Crippen molar-refractivity contribution >= 4 is 28.8 Å². The third-order valence-corrected chi connectivity index (χ3v) is 5.81. The van der Waals surface area contributed by atoms with Crippen molar-refractivity contribution in [3.8, 4) is 0 Å². The molecule has 29 heavy (non-hydrogen) atoms. The predicted molar refractivity (Wildman–Crippen MR) is 108 cm³/mol.